The van der Waals surface area contributed by atoms with Crippen LogP contribution in [-0.2, 0) is 11.3 Å². The number of rotatable bonds is 5. The van der Waals surface area contributed by atoms with Crippen molar-refractivity contribution < 1.29 is 10.1 Å². The van der Waals surface area contributed by atoms with Gasteiger partial charge in [-0.1, -0.05) is 29.3 Å². The molecule has 2 N–H and O–H groups in total. The highest BCUT2D eigenvalue weighted by Crippen LogP contribution is 2.19. The zero-order valence-electron chi connectivity index (χ0n) is 8.09. The first-order chi connectivity index (χ1) is 6.74. The third kappa shape index (κ3) is 3.84. The summed E-state index contributed by atoms with van der Waals surface area (Å²) in [4.78, 5) is 0. The number of hydrogen-bond acceptors (Lipinski definition) is 1. The molecule has 0 aliphatic heterocycles. The van der Waals surface area contributed by atoms with Crippen LogP contribution in [0.3, 0.4) is 0 Å². The molecule has 1 rings (SSSR count). The molecule has 0 heterocycles. The first-order valence-electron chi connectivity index (χ1n) is 4.48. The van der Waals surface area contributed by atoms with E-state index in [4.69, 9.17) is 27.9 Å². The standard InChI is InChI=1S/C10H13Cl2NO/c1-14-5-4-13-7-8-2-3-9(11)6-10(8)12/h2-3,6,13H,4-5,7H2,1H3/p+1. The molecule has 2 nitrogen and oxygen atoms in total. The van der Waals surface area contributed by atoms with Gasteiger partial charge >= 0.3 is 0 Å². The van der Waals surface area contributed by atoms with Crippen LogP contribution >= 0.6 is 23.2 Å². The minimum absolute atomic E-state index is 0.677. The van der Waals surface area contributed by atoms with Crippen LogP contribution in [0.5, 0.6) is 0 Å². The predicted octanol–water partition coefficient (Wildman–Crippen LogP) is 1.70. The maximum Gasteiger partial charge on any atom is 0.103 e. The van der Waals surface area contributed by atoms with Crippen molar-refractivity contribution in [1.82, 2.24) is 0 Å². The number of benzene rings is 1. The Bertz CT molecular complexity index is 291. The summed E-state index contributed by atoms with van der Waals surface area (Å²) in [5.41, 5.74) is 1.10. The van der Waals surface area contributed by atoms with Gasteiger partial charge in [-0.15, -0.1) is 0 Å². The van der Waals surface area contributed by atoms with Crippen LogP contribution in [0, 0.1) is 0 Å². The van der Waals surface area contributed by atoms with Crippen LogP contribution in [0.2, 0.25) is 10.0 Å². The van der Waals surface area contributed by atoms with E-state index in [1.54, 1.807) is 13.2 Å². The maximum absolute atomic E-state index is 6.01. The number of hydrogen-bond donors (Lipinski definition) is 1. The Morgan fingerprint density at radius 2 is 2.14 bits per heavy atom. The van der Waals surface area contributed by atoms with E-state index in [1.807, 2.05) is 12.1 Å². The second kappa shape index (κ2) is 6.25. The zero-order chi connectivity index (χ0) is 10.4. The van der Waals surface area contributed by atoms with E-state index in [9.17, 15) is 0 Å². The van der Waals surface area contributed by atoms with Crippen LogP contribution in [0.4, 0.5) is 0 Å². The normalized spacial score (nSPS) is 10.5. The molecular formula is C10H14Cl2NO+. The molecule has 1 aromatic carbocycles. The van der Waals surface area contributed by atoms with Crippen LogP contribution < -0.4 is 5.32 Å². The van der Waals surface area contributed by atoms with Gasteiger partial charge < -0.3 is 10.1 Å². The molecule has 0 saturated carbocycles. The molecule has 0 fully saturated rings. The summed E-state index contributed by atoms with van der Waals surface area (Å²) in [6.45, 7) is 2.56. The summed E-state index contributed by atoms with van der Waals surface area (Å²) in [5.74, 6) is 0. The summed E-state index contributed by atoms with van der Waals surface area (Å²) in [5, 5.41) is 3.56. The molecule has 4 heteroatoms. The lowest BCUT2D eigenvalue weighted by Crippen LogP contribution is -2.83. The average molecular weight is 235 g/mol. The Morgan fingerprint density at radius 3 is 2.79 bits per heavy atom. The highest BCUT2D eigenvalue weighted by molar-refractivity contribution is 6.35. The lowest BCUT2D eigenvalue weighted by Gasteiger charge is -2.03. The van der Waals surface area contributed by atoms with E-state index in [-0.39, 0.29) is 0 Å². The van der Waals surface area contributed by atoms with Gasteiger partial charge in [0.15, 0.2) is 0 Å². The van der Waals surface area contributed by atoms with E-state index in [1.165, 1.54) is 0 Å². The van der Waals surface area contributed by atoms with Crippen molar-refractivity contribution in [3.63, 3.8) is 0 Å². The number of methoxy groups -OCH3 is 1. The smallest absolute Gasteiger partial charge is 0.103 e. The number of halogens is 2. The second-order valence-electron chi connectivity index (χ2n) is 3.01. The van der Waals surface area contributed by atoms with Gasteiger partial charge in [-0.05, 0) is 12.1 Å². The molecule has 14 heavy (non-hydrogen) atoms. The van der Waals surface area contributed by atoms with Gasteiger partial charge in [0, 0.05) is 17.7 Å². The number of ether oxygens (including phenoxy) is 1. The van der Waals surface area contributed by atoms with Gasteiger partial charge in [-0.3, -0.25) is 0 Å². The van der Waals surface area contributed by atoms with Crippen LogP contribution in [0.15, 0.2) is 18.2 Å². The summed E-state index contributed by atoms with van der Waals surface area (Å²) in [6.07, 6.45) is 0. The average Bonchev–Trinajstić information content (AvgIpc) is 2.15. The predicted molar refractivity (Wildman–Crippen MR) is 58.8 cm³/mol. The molecular weight excluding hydrogens is 221 g/mol. The Morgan fingerprint density at radius 1 is 1.36 bits per heavy atom. The molecule has 1 aromatic rings. The molecule has 0 atom stereocenters. The highest BCUT2D eigenvalue weighted by Gasteiger charge is 2.02. The Kier molecular flexibility index (Phi) is 5.26. The molecule has 0 aliphatic rings. The third-order valence-corrected chi connectivity index (χ3v) is 2.49. The van der Waals surface area contributed by atoms with Gasteiger partial charge in [0.25, 0.3) is 0 Å². The Hall–Kier alpha value is -0.280. The van der Waals surface area contributed by atoms with E-state index in [0.29, 0.717) is 5.02 Å². The van der Waals surface area contributed by atoms with Gasteiger partial charge in [0.1, 0.15) is 6.54 Å². The van der Waals surface area contributed by atoms with E-state index in [0.717, 1.165) is 30.3 Å². The fourth-order valence-corrected chi connectivity index (χ4v) is 1.63. The van der Waals surface area contributed by atoms with Gasteiger partial charge in [0.2, 0.25) is 0 Å². The SMILES string of the molecule is COCC[NH2+]Cc1ccc(Cl)cc1Cl. The van der Waals surface area contributed by atoms with E-state index in [2.05, 4.69) is 5.32 Å². The third-order valence-electron chi connectivity index (χ3n) is 1.91. The van der Waals surface area contributed by atoms with Crippen molar-refractivity contribution >= 4 is 23.2 Å². The van der Waals surface area contributed by atoms with Crippen molar-refractivity contribution in [2.45, 2.75) is 6.54 Å². The molecule has 0 radical (unpaired) electrons. The van der Waals surface area contributed by atoms with Gasteiger partial charge in [-0.25, -0.2) is 0 Å². The maximum atomic E-state index is 6.01. The van der Waals surface area contributed by atoms with Crippen molar-refractivity contribution in [1.29, 1.82) is 0 Å². The lowest BCUT2D eigenvalue weighted by atomic mass is 10.2. The first kappa shape index (κ1) is 11.8. The van der Waals surface area contributed by atoms with Crippen LogP contribution in [-0.4, -0.2) is 20.3 Å². The molecule has 0 aliphatic carbocycles. The lowest BCUT2D eigenvalue weighted by molar-refractivity contribution is -0.671. The number of quaternary nitrogens is 1. The van der Waals surface area contributed by atoms with Gasteiger partial charge in [0.05, 0.1) is 18.2 Å². The Balaban J connectivity index is 2.42. The summed E-state index contributed by atoms with van der Waals surface area (Å²) in [7, 11) is 1.70. The fraction of sp³-hybridized carbons (Fsp3) is 0.400. The molecule has 0 amide bonds. The fourth-order valence-electron chi connectivity index (χ4n) is 1.15. The summed E-state index contributed by atoms with van der Waals surface area (Å²) < 4.78 is 4.94. The minimum Gasteiger partial charge on any atom is -0.379 e. The zero-order valence-corrected chi connectivity index (χ0v) is 9.61. The van der Waals surface area contributed by atoms with E-state index < -0.39 is 0 Å². The molecule has 0 bridgehead atoms. The van der Waals surface area contributed by atoms with Crippen molar-refractivity contribution in [3.05, 3.63) is 33.8 Å². The van der Waals surface area contributed by atoms with Crippen molar-refractivity contribution in [3.8, 4) is 0 Å². The highest BCUT2D eigenvalue weighted by atomic mass is 35.5. The molecule has 0 spiro atoms. The summed E-state index contributed by atoms with van der Waals surface area (Å²) in [6, 6.07) is 5.57. The largest absolute Gasteiger partial charge is 0.379 e. The Labute approximate surface area is 94.2 Å². The molecule has 78 valence electrons. The second-order valence-corrected chi connectivity index (χ2v) is 3.85. The first-order valence-corrected chi connectivity index (χ1v) is 5.24. The molecule has 0 saturated heterocycles. The quantitative estimate of drug-likeness (QED) is 0.772. The van der Waals surface area contributed by atoms with Crippen molar-refractivity contribution in [2.75, 3.05) is 20.3 Å². The van der Waals surface area contributed by atoms with E-state index >= 15 is 0 Å². The number of nitrogens with two attached hydrogens (primary N) is 1. The topological polar surface area (TPSA) is 25.8 Å². The monoisotopic (exact) mass is 234 g/mol. The van der Waals surface area contributed by atoms with Crippen LogP contribution in [0.1, 0.15) is 5.56 Å². The minimum atomic E-state index is 0.677. The van der Waals surface area contributed by atoms with Gasteiger partial charge in [-0.2, -0.15) is 0 Å². The van der Waals surface area contributed by atoms with Crippen LogP contribution in [0.25, 0.3) is 0 Å². The summed E-state index contributed by atoms with van der Waals surface area (Å²) >= 11 is 11.8. The van der Waals surface area contributed by atoms with Crippen molar-refractivity contribution in [2.24, 2.45) is 0 Å². The molecule has 0 unspecified atom stereocenters. The molecule has 0 aromatic heterocycles.